The van der Waals surface area contributed by atoms with E-state index in [1.165, 1.54) is 12.6 Å². The van der Waals surface area contributed by atoms with Crippen LogP contribution in [0.5, 0.6) is 0 Å². The van der Waals surface area contributed by atoms with Crippen LogP contribution in [0.2, 0.25) is 0 Å². The minimum atomic E-state index is -4.36. The molecule has 1 spiro atoms. The Bertz CT molecular complexity index is 1070. The van der Waals surface area contributed by atoms with Crippen molar-refractivity contribution in [1.82, 2.24) is 25.3 Å². The van der Waals surface area contributed by atoms with Gasteiger partial charge >= 0.3 is 6.18 Å². The van der Waals surface area contributed by atoms with Gasteiger partial charge in [-0.2, -0.15) is 13.2 Å². The summed E-state index contributed by atoms with van der Waals surface area (Å²) < 4.78 is 39.6. The molecule has 0 aliphatic carbocycles. The molecule has 0 radical (unpaired) electrons. The third kappa shape index (κ3) is 4.06. The van der Waals surface area contributed by atoms with Crippen molar-refractivity contribution in [2.45, 2.75) is 31.9 Å². The van der Waals surface area contributed by atoms with E-state index in [9.17, 15) is 13.2 Å². The van der Waals surface area contributed by atoms with Crippen molar-refractivity contribution in [1.29, 1.82) is 0 Å². The number of halogens is 3. The summed E-state index contributed by atoms with van der Waals surface area (Å²) in [6, 6.07) is 5.25. The number of hydrogen-bond acceptors (Lipinski definition) is 6. The average molecular weight is 428 g/mol. The molecule has 2 aliphatic rings. The second-order valence-electron chi connectivity index (χ2n) is 8.47. The molecule has 31 heavy (non-hydrogen) atoms. The number of hydrogen-bond donors (Lipinski definition) is 1. The molecule has 0 aromatic carbocycles. The zero-order valence-corrected chi connectivity index (χ0v) is 17.0. The Balaban J connectivity index is 1.60. The fourth-order valence-electron chi connectivity index (χ4n) is 4.70. The second-order valence-corrected chi connectivity index (χ2v) is 8.47. The van der Waals surface area contributed by atoms with Gasteiger partial charge in [0.05, 0.1) is 17.6 Å². The molecule has 162 valence electrons. The van der Waals surface area contributed by atoms with Crippen LogP contribution in [0.25, 0.3) is 22.3 Å². The summed E-state index contributed by atoms with van der Waals surface area (Å²) in [4.78, 5) is 19.6. The lowest BCUT2D eigenvalue weighted by Crippen LogP contribution is -2.41. The maximum absolute atomic E-state index is 13.2. The van der Waals surface area contributed by atoms with Crippen LogP contribution < -0.4 is 10.2 Å². The Morgan fingerprint density at radius 1 is 1.00 bits per heavy atom. The van der Waals surface area contributed by atoms with E-state index in [0.29, 0.717) is 28.0 Å². The second kappa shape index (κ2) is 7.71. The number of anilines is 1. The van der Waals surface area contributed by atoms with E-state index in [2.05, 4.69) is 25.2 Å². The Morgan fingerprint density at radius 2 is 1.77 bits per heavy atom. The minimum Gasteiger partial charge on any atom is -0.356 e. The van der Waals surface area contributed by atoms with Gasteiger partial charge in [-0.25, -0.2) is 9.97 Å². The van der Waals surface area contributed by atoms with Gasteiger partial charge in [-0.15, -0.1) is 0 Å². The number of nitrogens with zero attached hydrogens (tertiary/aromatic N) is 5. The summed E-state index contributed by atoms with van der Waals surface area (Å²) >= 11 is 0. The highest BCUT2D eigenvalue weighted by molar-refractivity contribution is 5.92. The zero-order chi connectivity index (χ0) is 21.5. The van der Waals surface area contributed by atoms with Crippen molar-refractivity contribution >= 4 is 16.7 Å². The third-order valence-electron chi connectivity index (χ3n) is 6.43. The van der Waals surface area contributed by atoms with Gasteiger partial charge in [-0.05, 0) is 49.4 Å². The van der Waals surface area contributed by atoms with E-state index in [1.807, 2.05) is 0 Å². The molecular weight excluding hydrogens is 405 g/mol. The van der Waals surface area contributed by atoms with Crippen LogP contribution in [0.3, 0.4) is 0 Å². The van der Waals surface area contributed by atoms with Crippen LogP contribution in [0.1, 0.15) is 25.0 Å². The van der Waals surface area contributed by atoms with Gasteiger partial charge in [0.2, 0.25) is 0 Å². The number of nitrogens with one attached hydrogen (secondary N) is 1. The fraction of sp³-hybridized carbons (Fsp3) is 0.455. The van der Waals surface area contributed by atoms with Gasteiger partial charge in [-0.3, -0.25) is 9.97 Å². The van der Waals surface area contributed by atoms with E-state index in [4.69, 9.17) is 4.98 Å². The van der Waals surface area contributed by atoms with Crippen LogP contribution in [-0.4, -0.2) is 52.3 Å². The predicted octanol–water partition coefficient (Wildman–Crippen LogP) is 3.77. The third-order valence-corrected chi connectivity index (χ3v) is 6.43. The van der Waals surface area contributed by atoms with Gasteiger partial charge in [0, 0.05) is 49.2 Å². The first kappa shape index (κ1) is 20.1. The Hall–Kier alpha value is -2.81. The van der Waals surface area contributed by atoms with Gasteiger partial charge in [-0.1, -0.05) is 0 Å². The smallest absolute Gasteiger partial charge is 0.356 e. The molecule has 0 amide bonds. The number of pyridine rings is 2. The van der Waals surface area contributed by atoms with Crippen molar-refractivity contribution in [3.63, 3.8) is 0 Å². The summed E-state index contributed by atoms with van der Waals surface area (Å²) in [5.74, 6) is 1.08. The quantitative estimate of drug-likeness (QED) is 0.685. The first-order chi connectivity index (χ1) is 14.9. The number of piperidine rings is 1. The molecule has 6 nitrogen and oxygen atoms in total. The molecule has 2 fully saturated rings. The summed E-state index contributed by atoms with van der Waals surface area (Å²) in [6.45, 7) is 3.73. The standard InChI is InChI=1S/C22H23F3N6/c23-22(24,25)13-17-18-16(3-9-28-17)20(30-19(29-18)15-1-7-26-8-2-15)31-11-5-21(6-12-31)4-10-27-14-21/h1-3,7-9,27H,4-6,10-14H2. The van der Waals surface area contributed by atoms with Gasteiger partial charge < -0.3 is 10.2 Å². The highest BCUT2D eigenvalue weighted by Crippen LogP contribution is 2.39. The molecule has 2 saturated heterocycles. The fourth-order valence-corrected chi connectivity index (χ4v) is 4.70. The highest BCUT2D eigenvalue weighted by Gasteiger charge is 2.38. The summed E-state index contributed by atoms with van der Waals surface area (Å²) in [5.41, 5.74) is 1.24. The maximum Gasteiger partial charge on any atom is 0.394 e. The maximum atomic E-state index is 13.2. The predicted molar refractivity (Wildman–Crippen MR) is 112 cm³/mol. The molecule has 0 unspecified atom stereocenters. The lowest BCUT2D eigenvalue weighted by molar-refractivity contribution is -0.127. The van der Waals surface area contributed by atoms with Crippen LogP contribution >= 0.6 is 0 Å². The first-order valence-electron chi connectivity index (χ1n) is 10.5. The molecule has 5 heterocycles. The molecular formula is C22H23F3N6. The molecule has 0 atom stereocenters. The van der Waals surface area contributed by atoms with Gasteiger partial charge in [0.1, 0.15) is 5.82 Å². The Morgan fingerprint density at radius 3 is 2.45 bits per heavy atom. The van der Waals surface area contributed by atoms with Gasteiger partial charge in [0.25, 0.3) is 0 Å². The number of rotatable bonds is 3. The Kier molecular flexibility index (Phi) is 5.00. The zero-order valence-electron chi connectivity index (χ0n) is 17.0. The highest BCUT2D eigenvalue weighted by atomic mass is 19.4. The topological polar surface area (TPSA) is 66.8 Å². The normalized spacial score (nSPS) is 18.7. The van der Waals surface area contributed by atoms with E-state index < -0.39 is 12.6 Å². The average Bonchev–Trinajstić information content (AvgIpc) is 3.21. The SMILES string of the molecule is FC(F)(F)Cc1nccc2c(N3CCC4(CCNC4)CC3)nc(-c3ccncc3)nc12. The van der Waals surface area contributed by atoms with Gasteiger partial charge in [0.15, 0.2) is 5.82 Å². The van der Waals surface area contributed by atoms with Crippen molar-refractivity contribution in [2.75, 3.05) is 31.1 Å². The van der Waals surface area contributed by atoms with E-state index >= 15 is 0 Å². The number of fused-ring (bicyclic) bond motifs is 1. The summed E-state index contributed by atoms with van der Waals surface area (Å²) in [5, 5.41) is 4.08. The van der Waals surface area contributed by atoms with Crippen molar-refractivity contribution < 1.29 is 13.2 Å². The number of alkyl halides is 3. The summed E-state index contributed by atoms with van der Waals surface area (Å²) in [6.07, 6.45) is 2.44. The van der Waals surface area contributed by atoms with E-state index in [-0.39, 0.29) is 11.2 Å². The van der Waals surface area contributed by atoms with Crippen molar-refractivity contribution in [3.8, 4) is 11.4 Å². The molecule has 9 heteroatoms. The molecule has 3 aromatic heterocycles. The molecule has 2 aliphatic heterocycles. The first-order valence-corrected chi connectivity index (χ1v) is 10.5. The van der Waals surface area contributed by atoms with Crippen molar-refractivity contribution in [3.05, 3.63) is 42.5 Å². The Labute approximate surface area is 177 Å². The molecule has 3 aromatic rings. The lowest BCUT2D eigenvalue weighted by Gasteiger charge is -2.39. The van der Waals surface area contributed by atoms with E-state index in [0.717, 1.165) is 39.0 Å². The summed E-state index contributed by atoms with van der Waals surface area (Å²) in [7, 11) is 0. The molecule has 0 saturated carbocycles. The number of aromatic nitrogens is 4. The minimum absolute atomic E-state index is 0.0718. The molecule has 0 bridgehead atoms. The largest absolute Gasteiger partial charge is 0.394 e. The molecule has 1 N–H and O–H groups in total. The van der Waals surface area contributed by atoms with Crippen LogP contribution in [-0.2, 0) is 6.42 Å². The van der Waals surface area contributed by atoms with Crippen LogP contribution in [0, 0.1) is 5.41 Å². The van der Waals surface area contributed by atoms with Crippen LogP contribution in [0.4, 0.5) is 19.0 Å². The monoisotopic (exact) mass is 428 g/mol. The molecule has 5 rings (SSSR count). The lowest BCUT2D eigenvalue weighted by atomic mass is 9.78. The van der Waals surface area contributed by atoms with E-state index in [1.54, 1.807) is 30.6 Å². The van der Waals surface area contributed by atoms with Crippen LogP contribution in [0.15, 0.2) is 36.8 Å². The van der Waals surface area contributed by atoms with Crippen molar-refractivity contribution in [2.24, 2.45) is 5.41 Å².